The second-order valence-electron chi connectivity index (χ2n) is 9.18. The third kappa shape index (κ3) is 7.96. The number of fused-ring (bicyclic) bond motifs is 1. The van der Waals surface area contributed by atoms with E-state index in [2.05, 4.69) is 25.6 Å². The van der Waals surface area contributed by atoms with E-state index in [1.54, 1.807) is 0 Å². The van der Waals surface area contributed by atoms with E-state index in [0.29, 0.717) is 27.2 Å². The lowest BCUT2D eigenvalue weighted by Gasteiger charge is -2.16. The van der Waals surface area contributed by atoms with E-state index in [4.69, 9.17) is 21.5 Å². The first kappa shape index (κ1) is 31.2. The Labute approximate surface area is 253 Å². The van der Waals surface area contributed by atoms with Gasteiger partial charge in [-0.25, -0.2) is 14.8 Å². The molecule has 14 heteroatoms. The molecule has 3 N–H and O–H groups in total. The quantitative estimate of drug-likeness (QED) is 0.178. The monoisotopic (exact) mass is 628 g/mol. The molecule has 0 radical (unpaired) electrons. The van der Waals surface area contributed by atoms with Crippen molar-refractivity contribution in [3.05, 3.63) is 88.4 Å². The van der Waals surface area contributed by atoms with E-state index in [-0.39, 0.29) is 5.91 Å². The molecule has 2 aromatic heterocycles. The minimum Gasteiger partial charge on any atom is -0.475 e. The van der Waals surface area contributed by atoms with E-state index < -0.39 is 12.1 Å². The molecule has 0 aliphatic carbocycles. The number of alkyl halides is 3. The Kier molecular flexibility index (Phi) is 9.46. The van der Waals surface area contributed by atoms with Crippen LogP contribution in [-0.2, 0) is 4.79 Å². The van der Waals surface area contributed by atoms with Crippen LogP contribution in [0.25, 0.3) is 21.5 Å². The van der Waals surface area contributed by atoms with Crippen LogP contribution >= 0.6 is 22.9 Å². The van der Waals surface area contributed by atoms with Crippen LogP contribution in [0.4, 0.5) is 36.3 Å². The summed E-state index contributed by atoms with van der Waals surface area (Å²) in [6.07, 6.45) is -5.08. The lowest BCUT2D eigenvalue weighted by molar-refractivity contribution is -0.192. The van der Waals surface area contributed by atoms with Crippen LogP contribution in [0.1, 0.15) is 15.4 Å². The number of aromatic nitrogens is 3. The minimum atomic E-state index is -5.08. The molecule has 3 aromatic carbocycles. The number of nitrogens with zero attached hydrogens (tertiary/aromatic N) is 4. The van der Waals surface area contributed by atoms with Crippen LogP contribution < -0.4 is 15.5 Å². The van der Waals surface area contributed by atoms with Gasteiger partial charge in [0.1, 0.15) is 15.7 Å². The molecule has 0 spiro atoms. The predicted octanol–water partition coefficient (Wildman–Crippen LogP) is 7.41. The first-order valence-electron chi connectivity index (χ1n) is 12.5. The van der Waals surface area contributed by atoms with Gasteiger partial charge in [-0.05, 0) is 55.5 Å². The van der Waals surface area contributed by atoms with Crippen molar-refractivity contribution in [2.75, 3.05) is 29.6 Å². The van der Waals surface area contributed by atoms with Crippen molar-refractivity contribution in [1.29, 1.82) is 0 Å². The van der Waals surface area contributed by atoms with Gasteiger partial charge in [-0.2, -0.15) is 18.2 Å². The van der Waals surface area contributed by atoms with Gasteiger partial charge in [-0.15, -0.1) is 11.3 Å². The minimum absolute atomic E-state index is 0.195. The van der Waals surface area contributed by atoms with Gasteiger partial charge in [0, 0.05) is 41.4 Å². The van der Waals surface area contributed by atoms with Gasteiger partial charge in [0.25, 0.3) is 5.91 Å². The Morgan fingerprint density at radius 1 is 0.907 bits per heavy atom. The number of rotatable bonds is 6. The van der Waals surface area contributed by atoms with Crippen molar-refractivity contribution in [3.63, 3.8) is 0 Å². The molecule has 0 saturated carbocycles. The van der Waals surface area contributed by atoms with Crippen LogP contribution in [0.2, 0.25) is 5.02 Å². The molecule has 222 valence electrons. The van der Waals surface area contributed by atoms with Gasteiger partial charge >= 0.3 is 12.1 Å². The fourth-order valence-electron chi connectivity index (χ4n) is 3.73. The average molecular weight is 629 g/mol. The Bertz CT molecular complexity index is 1760. The zero-order chi connectivity index (χ0) is 31.3. The normalized spacial score (nSPS) is 11.0. The highest BCUT2D eigenvalue weighted by Crippen LogP contribution is 2.30. The summed E-state index contributed by atoms with van der Waals surface area (Å²) in [5.41, 5.74) is 3.97. The molecule has 5 aromatic rings. The number of hydrogen-bond acceptors (Lipinski definition) is 8. The molecular formula is C29H24ClF3N6O3S. The topological polar surface area (TPSA) is 120 Å². The molecule has 0 unspecified atom stereocenters. The van der Waals surface area contributed by atoms with Gasteiger partial charge in [-0.1, -0.05) is 35.9 Å². The second kappa shape index (κ2) is 13.0. The van der Waals surface area contributed by atoms with Crippen LogP contribution in [0, 0.1) is 6.92 Å². The van der Waals surface area contributed by atoms with Crippen LogP contribution in [-0.4, -0.2) is 52.2 Å². The fourth-order valence-corrected chi connectivity index (χ4v) is 4.83. The number of aliphatic carboxylic acids is 1. The number of carboxylic acids is 1. The van der Waals surface area contributed by atoms with E-state index in [1.807, 2.05) is 98.7 Å². The largest absolute Gasteiger partial charge is 0.490 e. The number of carbonyl (C=O) groups excluding carboxylic acids is 1. The van der Waals surface area contributed by atoms with Gasteiger partial charge in [-0.3, -0.25) is 4.79 Å². The maximum absolute atomic E-state index is 12.9. The SMILES string of the molecule is Cc1nc(-c2ccc(Cl)cc2)sc1C(=O)Nc1ccc(Nc2nc(N(C)C)c3ccccc3n2)cc1.O=C(O)C(F)(F)F. The number of thiazole rings is 1. The van der Waals surface area contributed by atoms with Gasteiger partial charge < -0.3 is 20.6 Å². The summed E-state index contributed by atoms with van der Waals surface area (Å²) in [6.45, 7) is 1.84. The Morgan fingerprint density at radius 3 is 2.12 bits per heavy atom. The number of para-hydroxylation sites is 1. The third-order valence-corrected chi connectivity index (χ3v) is 7.20. The lowest BCUT2D eigenvalue weighted by Crippen LogP contribution is -2.21. The number of halogens is 4. The van der Waals surface area contributed by atoms with Crippen LogP contribution in [0.5, 0.6) is 0 Å². The molecule has 0 fully saturated rings. The van der Waals surface area contributed by atoms with Gasteiger partial charge in [0.15, 0.2) is 0 Å². The van der Waals surface area contributed by atoms with Crippen molar-refractivity contribution in [2.24, 2.45) is 0 Å². The number of anilines is 4. The Morgan fingerprint density at radius 2 is 1.51 bits per heavy atom. The molecule has 5 rings (SSSR count). The Balaban J connectivity index is 0.000000541. The summed E-state index contributed by atoms with van der Waals surface area (Å²) in [5, 5.41) is 15.8. The summed E-state index contributed by atoms with van der Waals surface area (Å²) in [5.74, 6) is -1.61. The number of nitrogens with one attached hydrogen (secondary N) is 2. The van der Waals surface area contributed by atoms with Crippen molar-refractivity contribution in [1.82, 2.24) is 15.0 Å². The molecule has 9 nitrogen and oxygen atoms in total. The van der Waals surface area contributed by atoms with E-state index >= 15 is 0 Å². The molecule has 0 bridgehead atoms. The van der Waals surface area contributed by atoms with Crippen LogP contribution in [0.15, 0.2) is 72.8 Å². The zero-order valence-electron chi connectivity index (χ0n) is 22.9. The van der Waals surface area contributed by atoms with E-state index in [9.17, 15) is 18.0 Å². The van der Waals surface area contributed by atoms with Crippen LogP contribution in [0.3, 0.4) is 0 Å². The molecule has 1 amide bonds. The van der Waals surface area contributed by atoms with Gasteiger partial charge in [0.2, 0.25) is 5.95 Å². The summed E-state index contributed by atoms with van der Waals surface area (Å²) in [7, 11) is 3.92. The maximum atomic E-state index is 12.9. The first-order valence-corrected chi connectivity index (χ1v) is 13.7. The molecule has 0 aliphatic rings. The van der Waals surface area contributed by atoms with Crippen molar-refractivity contribution in [2.45, 2.75) is 13.1 Å². The first-order chi connectivity index (χ1) is 20.3. The van der Waals surface area contributed by atoms with E-state index in [1.165, 1.54) is 11.3 Å². The summed E-state index contributed by atoms with van der Waals surface area (Å²) >= 11 is 7.34. The molecule has 0 aliphatic heterocycles. The number of amides is 1. The summed E-state index contributed by atoms with van der Waals surface area (Å²) in [6, 6.07) is 22.8. The predicted molar refractivity (Wildman–Crippen MR) is 163 cm³/mol. The highest BCUT2D eigenvalue weighted by Gasteiger charge is 2.38. The standard InChI is InChI=1S/C27H23ClN6OS.C2HF3O2/c1-16-23(36-26(29-16)17-8-10-18(28)11-9-17)25(35)30-19-12-14-20(15-13-19)31-27-32-22-7-5-4-6-21(22)24(33-27)34(2)3;3-2(4,5)1(6)7/h4-15H,1-3H3,(H,30,35)(H,31,32,33);(H,6,7). The molecule has 2 heterocycles. The molecule has 0 saturated heterocycles. The fraction of sp³-hybridized carbons (Fsp3) is 0.138. The lowest BCUT2D eigenvalue weighted by atomic mass is 10.2. The molecule has 0 atom stereocenters. The number of carbonyl (C=O) groups is 2. The molecular weight excluding hydrogens is 605 g/mol. The third-order valence-electron chi connectivity index (χ3n) is 5.74. The van der Waals surface area contributed by atoms with Crippen molar-refractivity contribution >= 4 is 68.9 Å². The average Bonchev–Trinajstić information content (AvgIpc) is 3.35. The summed E-state index contributed by atoms with van der Waals surface area (Å²) in [4.78, 5) is 38.2. The number of aryl methyl sites for hydroxylation is 1. The highest BCUT2D eigenvalue weighted by molar-refractivity contribution is 7.17. The van der Waals surface area contributed by atoms with E-state index in [0.717, 1.165) is 33.0 Å². The van der Waals surface area contributed by atoms with Gasteiger partial charge in [0.05, 0.1) is 11.2 Å². The van der Waals surface area contributed by atoms with Crippen molar-refractivity contribution in [3.8, 4) is 10.6 Å². The van der Waals surface area contributed by atoms with Crippen molar-refractivity contribution < 1.29 is 27.9 Å². The maximum Gasteiger partial charge on any atom is 0.490 e. The highest BCUT2D eigenvalue weighted by atomic mass is 35.5. The number of carboxylic acid groups (broad SMARTS) is 1. The second-order valence-corrected chi connectivity index (χ2v) is 10.6. The number of benzene rings is 3. The summed E-state index contributed by atoms with van der Waals surface area (Å²) < 4.78 is 31.7. The zero-order valence-corrected chi connectivity index (χ0v) is 24.5. The Hall–Kier alpha value is -4.75. The number of hydrogen-bond donors (Lipinski definition) is 3. The molecule has 43 heavy (non-hydrogen) atoms. The smallest absolute Gasteiger partial charge is 0.475 e.